The molecule has 0 amide bonds. The van der Waals surface area contributed by atoms with Crippen molar-refractivity contribution in [3.63, 3.8) is 0 Å². The fourth-order valence-corrected chi connectivity index (χ4v) is 3.02. The van der Waals surface area contributed by atoms with Gasteiger partial charge in [0.1, 0.15) is 6.61 Å². The molecule has 0 aliphatic heterocycles. The zero-order valence-electron chi connectivity index (χ0n) is 15.3. The lowest BCUT2D eigenvalue weighted by atomic mass is 10.2. The monoisotopic (exact) mass is 437 g/mol. The molecular formula is C21H20Cl3N2O2-. The first-order valence-electron chi connectivity index (χ1n) is 8.49. The van der Waals surface area contributed by atoms with Crippen molar-refractivity contribution in [3.8, 4) is 11.5 Å². The molecular weight excluding hydrogens is 419 g/mol. The van der Waals surface area contributed by atoms with Crippen LogP contribution in [0.3, 0.4) is 0 Å². The van der Waals surface area contributed by atoms with E-state index in [4.69, 9.17) is 32.7 Å². The molecule has 1 aromatic heterocycles. The molecule has 0 spiro atoms. The maximum Gasteiger partial charge on any atom is 0.180 e. The topological polar surface area (TPSA) is 43.4 Å². The summed E-state index contributed by atoms with van der Waals surface area (Å²) in [5.41, 5.74) is 3.14. The summed E-state index contributed by atoms with van der Waals surface area (Å²) in [7, 11) is 1.60. The van der Waals surface area contributed by atoms with Gasteiger partial charge in [0.15, 0.2) is 11.5 Å². The predicted octanol–water partition coefficient (Wildman–Crippen LogP) is 2.27. The second kappa shape index (κ2) is 11.1. The molecule has 0 fully saturated rings. The van der Waals surface area contributed by atoms with Crippen molar-refractivity contribution in [1.82, 2.24) is 10.3 Å². The van der Waals surface area contributed by atoms with E-state index in [1.54, 1.807) is 13.3 Å². The van der Waals surface area contributed by atoms with Gasteiger partial charge in [0.05, 0.1) is 12.1 Å². The number of aromatic nitrogens is 1. The SMILES string of the molecule is COc1cc(CNCc2cccnc2)cc(Cl)c1OCc1ccc(Cl)cc1.[Cl-]. The molecule has 7 heteroatoms. The van der Waals surface area contributed by atoms with Crippen LogP contribution in [0.5, 0.6) is 11.5 Å². The van der Waals surface area contributed by atoms with Crippen LogP contribution in [0.2, 0.25) is 10.0 Å². The Morgan fingerprint density at radius 1 is 0.964 bits per heavy atom. The Morgan fingerprint density at radius 2 is 1.71 bits per heavy atom. The lowest BCUT2D eigenvalue weighted by molar-refractivity contribution is -0.00000589. The Kier molecular flexibility index (Phi) is 8.87. The Balaban J connectivity index is 0.00000280. The second-order valence-electron chi connectivity index (χ2n) is 5.99. The summed E-state index contributed by atoms with van der Waals surface area (Å²) in [6, 6.07) is 15.3. The third kappa shape index (κ3) is 6.28. The van der Waals surface area contributed by atoms with Crippen LogP contribution in [0.25, 0.3) is 0 Å². The highest BCUT2D eigenvalue weighted by atomic mass is 35.5. The number of nitrogens with zero attached hydrogens (tertiary/aromatic N) is 1. The number of rotatable bonds is 8. The van der Waals surface area contributed by atoms with Gasteiger partial charge in [-0.15, -0.1) is 0 Å². The van der Waals surface area contributed by atoms with Crippen molar-refractivity contribution < 1.29 is 21.9 Å². The number of nitrogens with one attached hydrogen (secondary N) is 1. The number of ether oxygens (including phenoxy) is 2. The third-order valence-electron chi connectivity index (χ3n) is 3.97. The molecule has 1 N–H and O–H groups in total. The van der Waals surface area contributed by atoms with Gasteiger partial charge < -0.3 is 27.2 Å². The van der Waals surface area contributed by atoms with Crippen LogP contribution >= 0.6 is 23.2 Å². The van der Waals surface area contributed by atoms with E-state index in [2.05, 4.69) is 10.3 Å². The van der Waals surface area contributed by atoms with Gasteiger partial charge in [0, 0.05) is 30.5 Å². The van der Waals surface area contributed by atoms with Crippen LogP contribution in [0.1, 0.15) is 16.7 Å². The van der Waals surface area contributed by atoms with Crippen LogP contribution in [0.15, 0.2) is 60.9 Å². The van der Waals surface area contributed by atoms with Crippen LogP contribution < -0.4 is 27.2 Å². The number of halogens is 3. The molecule has 3 rings (SSSR count). The summed E-state index contributed by atoms with van der Waals surface area (Å²) in [4.78, 5) is 4.11. The smallest absolute Gasteiger partial charge is 0.180 e. The summed E-state index contributed by atoms with van der Waals surface area (Å²) in [5.74, 6) is 1.14. The van der Waals surface area contributed by atoms with Gasteiger partial charge >= 0.3 is 0 Å². The van der Waals surface area contributed by atoms with Gasteiger partial charge in [-0.1, -0.05) is 41.4 Å². The first-order valence-corrected chi connectivity index (χ1v) is 9.24. The molecule has 0 radical (unpaired) electrons. The van der Waals surface area contributed by atoms with Crippen LogP contribution in [0, 0.1) is 0 Å². The first-order chi connectivity index (χ1) is 13.2. The van der Waals surface area contributed by atoms with E-state index in [0.29, 0.717) is 34.7 Å². The second-order valence-corrected chi connectivity index (χ2v) is 6.83. The number of benzene rings is 2. The number of hydrogen-bond donors (Lipinski definition) is 1. The highest BCUT2D eigenvalue weighted by molar-refractivity contribution is 6.32. The molecule has 28 heavy (non-hydrogen) atoms. The van der Waals surface area contributed by atoms with Gasteiger partial charge in [0.25, 0.3) is 0 Å². The maximum absolute atomic E-state index is 6.44. The van der Waals surface area contributed by atoms with E-state index in [0.717, 1.165) is 23.2 Å². The highest BCUT2D eigenvalue weighted by Crippen LogP contribution is 2.37. The predicted molar refractivity (Wildman–Crippen MR) is 109 cm³/mol. The average molecular weight is 439 g/mol. The summed E-state index contributed by atoms with van der Waals surface area (Å²) in [5, 5.41) is 4.58. The molecule has 148 valence electrons. The van der Waals surface area contributed by atoms with E-state index in [-0.39, 0.29) is 12.4 Å². The van der Waals surface area contributed by atoms with E-state index >= 15 is 0 Å². The molecule has 0 bridgehead atoms. The minimum atomic E-state index is 0. The van der Waals surface area contributed by atoms with Gasteiger partial charge in [-0.05, 0) is 47.0 Å². The molecule has 0 saturated heterocycles. The Labute approximate surface area is 181 Å². The minimum absolute atomic E-state index is 0. The summed E-state index contributed by atoms with van der Waals surface area (Å²) < 4.78 is 11.4. The highest BCUT2D eigenvalue weighted by Gasteiger charge is 2.12. The summed E-state index contributed by atoms with van der Waals surface area (Å²) in [6.07, 6.45) is 3.60. The Bertz CT molecular complexity index is 875. The molecule has 0 aliphatic rings. The number of methoxy groups -OCH3 is 1. The minimum Gasteiger partial charge on any atom is -1.00 e. The van der Waals surface area contributed by atoms with Gasteiger partial charge in [-0.3, -0.25) is 4.98 Å². The quantitative estimate of drug-likeness (QED) is 0.586. The average Bonchev–Trinajstić information content (AvgIpc) is 2.69. The van der Waals surface area contributed by atoms with E-state index in [9.17, 15) is 0 Å². The van der Waals surface area contributed by atoms with Crippen LogP contribution in [-0.2, 0) is 19.7 Å². The molecule has 0 unspecified atom stereocenters. The molecule has 4 nitrogen and oxygen atoms in total. The summed E-state index contributed by atoms with van der Waals surface area (Å²) >= 11 is 12.3. The zero-order chi connectivity index (χ0) is 19.1. The van der Waals surface area contributed by atoms with Crippen LogP contribution in [-0.4, -0.2) is 12.1 Å². The number of hydrogen-bond acceptors (Lipinski definition) is 4. The lowest BCUT2D eigenvalue weighted by Crippen LogP contribution is -3.00. The molecule has 1 heterocycles. The lowest BCUT2D eigenvalue weighted by Gasteiger charge is -2.15. The number of pyridine rings is 1. The van der Waals surface area contributed by atoms with E-state index in [1.807, 2.05) is 54.7 Å². The maximum atomic E-state index is 6.44. The normalized spacial score (nSPS) is 10.2. The van der Waals surface area contributed by atoms with Gasteiger partial charge in [-0.2, -0.15) is 0 Å². The zero-order valence-corrected chi connectivity index (χ0v) is 17.6. The molecule has 0 atom stereocenters. The van der Waals surface area contributed by atoms with Crippen molar-refractivity contribution in [2.75, 3.05) is 7.11 Å². The van der Waals surface area contributed by atoms with Crippen molar-refractivity contribution in [2.24, 2.45) is 0 Å². The summed E-state index contributed by atoms with van der Waals surface area (Å²) in [6.45, 7) is 1.76. The molecule has 0 saturated carbocycles. The van der Waals surface area contributed by atoms with Crippen molar-refractivity contribution >= 4 is 23.2 Å². The van der Waals surface area contributed by atoms with Gasteiger partial charge in [0.2, 0.25) is 0 Å². The van der Waals surface area contributed by atoms with Crippen molar-refractivity contribution in [1.29, 1.82) is 0 Å². The standard InChI is InChI=1S/C21H20Cl2N2O2.ClH/c1-26-20-10-17(13-25-12-16-3-2-8-24-11-16)9-19(23)21(20)27-14-15-4-6-18(22)7-5-15;/h2-11,25H,12-14H2,1H3;1H/p-1. The van der Waals surface area contributed by atoms with Crippen LogP contribution in [0.4, 0.5) is 0 Å². The largest absolute Gasteiger partial charge is 1.00 e. The third-order valence-corrected chi connectivity index (χ3v) is 4.50. The Hall–Kier alpha value is -1.98. The molecule has 2 aromatic carbocycles. The fourth-order valence-electron chi connectivity index (χ4n) is 2.61. The molecule has 3 aromatic rings. The van der Waals surface area contributed by atoms with E-state index < -0.39 is 0 Å². The fraction of sp³-hybridized carbons (Fsp3) is 0.190. The van der Waals surface area contributed by atoms with Gasteiger partial charge in [-0.25, -0.2) is 0 Å². The van der Waals surface area contributed by atoms with Crippen molar-refractivity contribution in [2.45, 2.75) is 19.7 Å². The molecule has 0 aliphatic carbocycles. The van der Waals surface area contributed by atoms with E-state index in [1.165, 1.54) is 0 Å². The van der Waals surface area contributed by atoms with Crippen molar-refractivity contribution in [3.05, 3.63) is 87.7 Å². The first kappa shape index (κ1) is 22.3. The Morgan fingerprint density at radius 3 is 2.39 bits per heavy atom.